The second-order valence-corrected chi connectivity index (χ2v) is 5.16. The van der Waals surface area contributed by atoms with Crippen LogP contribution in [0, 0.1) is 0 Å². The van der Waals surface area contributed by atoms with Crippen molar-refractivity contribution >= 4 is 41.5 Å². The fourth-order valence-corrected chi connectivity index (χ4v) is 2.07. The van der Waals surface area contributed by atoms with Gasteiger partial charge in [-0.1, -0.05) is 28.9 Å². The van der Waals surface area contributed by atoms with Gasteiger partial charge in [-0.05, 0) is 18.6 Å². The number of rotatable bonds is 7. The maximum Gasteiger partial charge on any atom is 0.246 e. The van der Waals surface area contributed by atoms with Gasteiger partial charge in [-0.25, -0.2) is 0 Å². The van der Waals surface area contributed by atoms with Crippen LogP contribution in [-0.4, -0.2) is 43.4 Å². The molecule has 9 heteroatoms. The molecule has 0 aliphatic carbocycles. The van der Waals surface area contributed by atoms with Crippen molar-refractivity contribution in [3.8, 4) is 11.4 Å². The summed E-state index contributed by atoms with van der Waals surface area (Å²) in [6.45, 7) is 1.86. The molecule has 7 nitrogen and oxygen atoms in total. The first kappa shape index (κ1) is 20.7. The molecular formula is C15H21ClIN5O2. The SMILES string of the molecule is CN=C(NCCCOC)NCc1nc(-c2cccc(Cl)c2)no1.I. The van der Waals surface area contributed by atoms with Crippen molar-refractivity contribution in [1.82, 2.24) is 20.8 Å². The summed E-state index contributed by atoms with van der Waals surface area (Å²) in [6, 6.07) is 7.31. The lowest BCUT2D eigenvalue weighted by molar-refractivity contribution is 0.195. The number of ether oxygens (including phenoxy) is 1. The zero-order chi connectivity index (χ0) is 16.5. The van der Waals surface area contributed by atoms with E-state index in [0.717, 1.165) is 18.5 Å². The zero-order valence-electron chi connectivity index (χ0n) is 13.6. The van der Waals surface area contributed by atoms with Crippen molar-refractivity contribution in [3.05, 3.63) is 35.2 Å². The minimum absolute atomic E-state index is 0. The molecule has 0 radical (unpaired) electrons. The van der Waals surface area contributed by atoms with Gasteiger partial charge < -0.3 is 19.9 Å². The third kappa shape index (κ3) is 6.62. The Morgan fingerprint density at radius 3 is 2.92 bits per heavy atom. The minimum atomic E-state index is 0. The van der Waals surface area contributed by atoms with Gasteiger partial charge in [-0.2, -0.15) is 4.98 Å². The topological polar surface area (TPSA) is 84.6 Å². The lowest BCUT2D eigenvalue weighted by Gasteiger charge is -2.09. The Bertz CT molecular complexity index is 650. The molecule has 0 spiro atoms. The van der Waals surface area contributed by atoms with Gasteiger partial charge in [0.05, 0.1) is 6.54 Å². The summed E-state index contributed by atoms with van der Waals surface area (Å²) in [4.78, 5) is 8.46. The Balaban J connectivity index is 0.00000288. The molecule has 1 aromatic heterocycles. The fourth-order valence-electron chi connectivity index (χ4n) is 1.87. The van der Waals surface area contributed by atoms with E-state index in [1.807, 2.05) is 12.1 Å². The van der Waals surface area contributed by atoms with Crippen molar-refractivity contribution < 1.29 is 9.26 Å². The number of nitrogens with one attached hydrogen (secondary N) is 2. The largest absolute Gasteiger partial charge is 0.385 e. The molecule has 0 aliphatic heterocycles. The number of hydrogen-bond donors (Lipinski definition) is 2. The normalized spacial score (nSPS) is 11.0. The number of hydrogen-bond acceptors (Lipinski definition) is 5. The molecule has 0 atom stereocenters. The molecule has 0 saturated carbocycles. The van der Waals surface area contributed by atoms with Gasteiger partial charge in [-0.3, -0.25) is 4.99 Å². The van der Waals surface area contributed by atoms with E-state index in [1.165, 1.54) is 0 Å². The number of nitrogens with zero attached hydrogens (tertiary/aromatic N) is 3. The molecule has 0 fully saturated rings. The number of benzene rings is 1. The van der Waals surface area contributed by atoms with Crippen LogP contribution in [0.2, 0.25) is 5.02 Å². The molecule has 1 heterocycles. The Hall–Kier alpha value is -1.39. The average Bonchev–Trinajstić information content (AvgIpc) is 3.03. The fraction of sp³-hybridized carbons (Fsp3) is 0.400. The monoisotopic (exact) mass is 465 g/mol. The molecule has 2 rings (SSSR count). The van der Waals surface area contributed by atoms with Crippen LogP contribution in [0.3, 0.4) is 0 Å². The van der Waals surface area contributed by atoms with E-state index in [0.29, 0.717) is 35.8 Å². The van der Waals surface area contributed by atoms with Gasteiger partial charge in [0.1, 0.15) is 0 Å². The van der Waals surface area contributed by atoms with Crippen LogP contribution in [0.1, 0.15) is 12.3 Å². The first-order valence-electron chi connectivity index (χ1n) is 7.25. The molecule has 2 N–H and O–H groups in total. The number of aliphatic imine (C=N–C) groups is 1. The predicted octanol–water partition coefficient (Wildman–Crippen LogP) is 2.71. The second kappa shape index (κ2) is 11.2. The van der Waals surface area contributed by atoms with Crippen molar-refractivity contribution in [1.29, 1.82) is 0 Å². The van der Waals surface area contributed by atoms with Crippen LogP contribution in [0.4, 0.5) is 0 Å². The third-order valence-electron chi connectivity index (χ3n) is 3.00. The quantitative estimate of drug-likeness (QED) is 0.283. The molecule has 2 aromatic rings. The first-order valence-corrected chi connectivity index (χ1v) is 7.62. The maximum atomic E-state index is 5.96. The summed E-state index contributed by atoms with van der Waals surface area (Å²) < 4.78 is 10.2. The molecule has 132 valence electrons. The molecule has 0 unspecified atom stereocenters. The van der Waals surface area contributed by atoms with E-state index < -0.39 is 0 Å². The van der Waals surface area contributed by atoms with Gasteiger partial charge >= 0.3 is 0 Å². The first-order chi connectivity index (χ1) is 11.2. The van der Waals surface area contributed by atoms with Gasteiger partial charge in [0.15, 0.2) is 5.96 Å². The zero-order valence-corrected chi connectivity index (χ0v) is 16.7. The standard InChI is InChI=1S/C15H20ClN5O2.HI/c1-17-15(18-7-4-8-22-2)19-10-13-20-14(21-23-13)11-5-3-6-12(16)9-11;/h3,5-6,9H,4,7-8,10H2,1-2H3,(H2,17,18,19);1H. The summed E-state index contributed by atoms with van der Waals surface area (Å²) in [7, 11) is 3.39. The highest BCUT2D eigenvalue weighted by Crippen LogP contribution is 2.19. The molecule has 1 aromatic carbocycles. The smallest absolute Gasteiger partial charge is 0.246 e. The van der Waals surface area contributed by atoms with E-state index in [-0.39, 0.29) is 24.0 Å². The highest BCUT2D eigenvalue weighted by atomic mass is 127. The van der Waals surface area contributed by atoms with Gasteiger partial charge in [0, 0.05) is 37.9 Å². The Labute approximate surface area is 163 Å². The van der Waals surface area contributed by atoms with E-state index >= 15 is 0 Å². The lowest BCUT2D eigenvalue weighted by atomic mass is 10.2. The number of aromatic nitrogens is 2. The summed E-state index contributed by atoms with van der Waals surface area (Å²) >= 11 is 5.96. The third-order valence-corrected chi connectivity index (χ3v) is 3.23. The van der Waals surface area contributed by atoms with Gasteiger partial charge in [0.25, 0.3) is 0 Å². The van der Waals surface area contributed by atoms with Crippen molar-refractivity contribution in [3.63, 3.8) is 0 Å². The molecule has 24 heavy (non-hydrogen) atoms. The highest BCUT2D eigenvalue weighted by molar-refractivity contribution is 14.0. The highest BCUT2D eigenvalue weighted by Gasteiger charge is 2.09. The van der Waals surface area contributed by atoms with Gasteiger partial charge in [-0.15, -0.1) is 24.0 Å². The lowest BCUT2D eigenvalue weighted by Crippen LogP contribution is -2.37. The van der Waals surface area contributed by atoms with E-state index in [4.69, 9.17) is 20.9 Å². The molecule has 0 amide bonds. The van der Waals surface area contributed by atoms with Crippen LogP contribution in [0.15, 0.2) is 33.8 Å². The van der Waals surface area contributed by atoms with Gasteiger partial charge in [0.2, 0.25) is 11.7 Å². The molecular weight excluding hydrogens is 445 g/mol. The summed E-state index contributed by atoms with van der Waals surface area (Å²) in [5.41, 5.74) is 0.814. The van der Waals surface area contributed by atoms with E-state index in [1.54, 1.807) is 26.3 Å². The Morgan fingerprint density at radius 2 is 2.21 bits per heavy atom. The van der Waals surface area contributed by atoms with Crippen molar-refractivity contribution in [2.75, 3.05) is 27.3 Å². The van der Waals surface area contributed by atoms with Crippen LogP contribution in [-0.2, 0) is 11.3 Å². The predicted molar refractivity (Wildman–Crippen MR) is 105 cm³/mol. The molecule has 0 aliphatic rings. The van der Waals surface area contributed by atoms with Crippen molar-refractivity contribution in [2.45, 2.75) is 13.0 Å². The summed E-state index contributed by atoms with van der Waals surface area (Å²) in [5, 5.41) is 10.9. The van der Waals surface area contributed by atoms with E-state index in [9.17, 15) is 0 Å². The minimum Gasteiger partial charge on any atom is -0.385 e. The van der Waals surface area contributed by atoms with E-state index in [2.05, 4.69) is 25.8 Å². The number of guanidine groups is 1. The maximum absolute atomic E-state index is 5.96. The average molecular weight is 466 g/mol. The van der Waals surface area contributed by atoms with Crippen LogP contribution >= 0.6 is 35.6 Å². The van der Waals surface area contributed by atoms with Crippen LogP contribution < -0.4 is 10.6 Å². The number of halogens is 2. The summed E-state index contributed by atoms with van der Waals surface area (Å²) in [6.07, 6.45) is 0.899. The molecule has 0 saturated heterocycles. The molecule has 0 bridgehead atoms. The summed E-state index contributed by atoms with van der Waals surface area (Å²) in [5.74, 6) is 1.65. The number of methoxy groups -OCH3 is 1. The van der Waals surface area contributed by atoms with Crippen LogP contribution in [0.5, 0.6) is 0 Å². The Kier molecular flexibility index (Phi) is 9.65. The van der Waals surface area contributed by atoms with Crippen LogP contribution in [0.25, 0.3) is 11.4 Å². The second-order valence-electron chi connectivity index (χ2n) is 4.72. The van der Waals surface area contributed by atoms with Crippen molar-refractivity contribution in [2.24, 2.45) is 4.99 Å². The Morgan fingerprint density at radius 1 is 1.38 bits per heavy atom.